The van der Waals surface area contributed by atoms with Crippen molar-refractivity contribution in [1.29, 1.82) is 0 Å². The fourth-order valence-electron chi connectivity index (χ4n) is 4.07. The van der Waals surface area contributed by atoms with Gasteiger partial charge in [0, 0.05) is 32.4 Å². The molecule has 0 radical (unpaired) electrons. The third-order valence-electron chi connectivity index (χ3n) is 5.57. The van der Waals surface area contributed by atoms with Crippen LogP contribution < -0.4 is 0 Å². The van der Waals surface area contributed by atoms with Gasteiger partial charge in [0.1, 0.15) is 0 Å². The minimum atomic E-state index is -0.206. The van der Waals surface area contributed by atoms with Crippen molar-refractivity contribution >= 4 is 11.8 Å². The normalized spacial score (nSPS) is 26.5. The van der Waals surface area contributed by atoms with Crippen molar-refractivity contribution in [3.63, 3.8) is 0 Å². The summed E-state index contributed by atoms with van der Waals surface area (Å²) in [6.07, 6.45) is 3.09. The quantitative estimate of drug-likeness (QED) is 0.892. The molecule has 3 rings (SSSR count). The zero-order chi connectivity index (χ0) is 17.3. The molecule has 5 nitrogen and oxygen atoms in total. The van der Waals surface area contributed by atoms with Gasteiger partial charge in [-0.15, -0.1) is 0 Å². The van der Waals surface area contributed by atoms with Crippen molar-refractivity contribution in [3.05, 3.63) is 35.9 Å². The highest BCUT2D eigenvalue weighted by atomic mass is 16.3. The highest BCUT2D eigenvalue weighted by Gasteiger charge is 2.50. The summed E-state index contributed by atoms with van der Waals surface area (Å²) in [5, 5.41) is 9.76. The number of carbonyl (C=O) groups is 2. The van der Waals surface area contributed by atoms with Crippen molar-refractivity contribution in [1.82, 2.24) is 9.80 Å². The van der Waals surface area contributed by atoms with E-state index in [1.165, 1.54) is 6.92 Å². The largest absolute Gasteiger partial charge is 0.394 e. The maximum Gasteiger partial charge on any atom is 0.225 e. The molecule has 1 saturated heterocycles. The molecule has 1 aromatic rings. The van der Waals surface area contributed by atoms with Crippen LogP contribution in [0, 0.1) is 5.92 Å². The maximum atomic E-state index is 12.4. The second-order valence-electron chi connectivity index (χ2n) is 7.03. The van der Waals surface area contributed by atoms with E-state index in [0.717, 1.165) is 24.8 Å². The third-order valence-corrected chi connectivity index (χ3v) is 5.57. The molecular weight excluding hydrogens is 304 g/mol. The second-order valence-corrected chi connectivity index (χ2v) is 7.03. The van der Waals surface area contributed by atoms with E-state index in [-0.39, 0.29) is 42.3 Å². The molecule has 1 N–H and O–H groups in total. The van der Waals surface area contributed by atoms with Crippen molar-refractivity contribution in [2.45, 2.75) is 44.2 Å². The van der Waals surface area contributed by atoms with Gasteiger partial charge in [0.15, 0.2) is 0 Å². The van der Waals surface area contributed by atoms with Crippen LogP contribution in [0.5, 0.6) is 0 Å². The van der Waals surface area contributed by atoms with Gasteiger partial charge in [0.2, 0.25) is 11.8 Å². The van der Waals surface area contributed by atoms with E-state index < -0.39 is 0 Å². The Morgan fingerprint density at radius 3 is 2.38 bits per heavy atom. The van der Waals surface area contributed by atoms with Crippen LogP contribution in [0.4, 0.5) is 0 Å². The Morgan fingerprint density at radius 2 is 1.88 bits per heavy atom. The summed E-state index contributed by atoms with van der Waals surface area (Å²) < 4.78 is 0. The molecule has 0 bridgehead atoms. The molecular formula is C19H26N2O3. The van der Waals surface area contributed by atoms with Crippen LogP contribution in [0.2, 0.25) is 0 Å². The number of aliphatic hydroxyl groups excluding tert-OH is 1. The van der Waals surface area contributed by atoms with Gasteiger partial charge in [-0.25, -0.2) is 0 Å². The molecule has 24 heavy (non-hydrogen) atoms. The summed E-state index contributed by atoms with van der Waals surface area (Å²) >= 11 is 0. The van der Waals surface area contributed by atoms with E-state index in [2.05, 4.69) is 0 Å². The van der Waals surface area contributed by atoms with Crippen molar-refractivity contribution < 1.29 is 14.7 Å². The van der Waals surface area contributed by atoms with Crippen LogP contribution in [0.25, 0.3) is 0 Å². The standard InChI is InChI=1S/C19H26N2O3/c1-13(23)21-16(11-20(2)19(24)15-9-6-10-15)18(17(21)12-22)14-7-4-3-5-8-14/h3-5,7-8,15-18,22H,6,9-12H2,1-2H3/t16-,17+,18-/m0/s1. The third kappa shape index (κ3) is 2.93. The van der Waals surface area contributed by atoms with Gasteiger partial charge in [-0.1, -0.05) is 36.8 Å². The van der Waals surface area contributed by atoms with Gasteiger partial charge in [0.05, 0.1) is 18.7 Å². The minimum Gasteiger partial charge on any atom is -0.394 e. The van der Waals surface area contributed by atoms with Crippen LogP contribution in [-0.4, -0.2) is 59.0 Å². The van der Waals surface area contributed by atoms with Crippen LogP contribution in [-0.2, 0) is 9.59 Å². The smallest absolute Gasteiger partial charge is 0.225 e. The number of nitrogens with zero attached hydrogens (tertiary/aromatic N) is 2. The first-order chi connectivity index (χ1) is 11.5. The van der Waals surface area contributed by atoms with E-state index >= 15 is 0 Å². The molecule has 3 atom stereocenters. The van der Waals surface area contributed by atoms with Crippen LogP contribution in [0.1, 0.15) is 37.7 Å². The number of benzene rings is 1. The average molecular weight is 330 g/mol. The lowest BCUT2D eigenvalue weighted by atomic mass is 9.74. The Balaban J connectivity index is 1.78. The first kappa shape index (κ1) is 17.0. The molecule has 1 aliphatic carbocycles. The first-order valence-electron chi connectivity index (χ1n) is 8.74. The van der Waals surface area contributed by atoms with Gasteiger partial charge in [-0.2, -0.15) is 0 Å². The Hall–Kier alpha value is -1.88. The first-order valence-corrected chi connectivity index (χ1v) is 8.74. The van der Waals surface area contributed by atoms with E-state index in [1.807, 2.05) is 37.4 Å². The van der Waals surface area contributed by atoms with Gasteiger partial charge < -0.3 is 14.9 Å². The Kier molecular flexibility index (Phi) is 4.90. The monoisotopic (exact) mass is 330 g/mol. The van der Waals surface area contributed by atoms with Crippen LogP contribution in [0.3, 0.4) is 0 Å². The lowest BCUT2D eigenvalue weighted by molar-refractivity contribution is -0.153. The number of carbonyl (C=O) groups excluding carboxylic acids is 2. The molecule has 5 heteroatoms. The molecule has 2 aliphatic rings. The molecule has 0 aromatic heterocycles. The fourth-order valence-corrected chi connectivity index (χ4v) is 4.07. The van der Waals surface area contributed by atoms with Crippen molar-refractivity contribution in [2.24, 2.45) is 5.92 Å². The molecule has 130 valence electrons. The average Bonchev–Trinajstić information content (AvgIpc) is 2.49. The van der Waals surface area contributed by atoms with E-state index in [4.69, 9.17) is 0 Å². The number of likely N-dealkylation sites (N-methyl/N-ethyl adjacent to an activating group) is 1. The number of likely N-dealkylation sites (tertiary alicyclic amines) is 1. The van der Waals surface area contributed by atoms with E-state index in [1.54, 1.807) is 9.80 Å². The zero-order valence-electron chi connectivity index (χ0n) is 14.4. The summed E-state index contributed by atoms with van der Waals surface area (Å²) in [7, 11) is 1.83. The summed E-state index contributed by atoms with van der Waals surface area (Å²) in [4.78, 5) is 28.0. The molecule has 0 unspecified atom stereocenters. The van der Waals surface area contributed by atoms with E-state index in [9.17, 15) is 14.7 Å². The summed E-state index contributed by atoms with van der Waals surface area (Å²) in [6, 6.07) is 9.69. The predicted octanol–water partition coefficient (Wildman–Crippen LogP) is 1.62. The Labute approximate surface area is 143 Å². The van der Waals surface area contributed by atoms with Gasteiger partial charge in [-0.3, -0.25) is 9.59 Å². The molecule has 1 saturated carbocycles. The lowest BCUT2D eigenvalue weighted by Gasteiger charge is -2.55. The molecule has 0 spiro atoms. The zero-order valence-corrected chi connectivity index (χ0v) is 14.4. The van der Waals surface area contributed by atoms with Crippen LogP contribution in [0.15, 0.2) is 30.3 Å². The lowest BCUT2D eigenvalue weighted by Crippen LogP contribution is -2.68. The van der Waals surface area contributed by atoms with Gasteiger partial charge in [0.25, 0.3) is 0 Å². The number of hydrogen-bond donors (Lipinski definition) is 1. The van der Waals surface area contributed by atoms with E-state index in [0.29, 0.717) is 6.54 Å². The number of hydrogen-bond acceptors (Lipinski definition) is 3. The number of aliphatic hydroxyl groups is 1. The summed E-state index contributed by atoms with van der Waals surface area (Å²) in [6.45, 7) is 1.99. The molecule has 1 aromatic carbocycles. The molecule has 2 fully saturated rings. The maximum absolute atomic E-state index is 12.4. The van der Waals surface area contributed by atoms with Gasteiger partial charge in [-0.05, 0) is 18.4 Å². The van der Waals surface area contributed by atoms with Crippen LogP contribution >= 0.6 is 0 Å². The fraction of sp³-hybridized carbons (Fsp3) is 0.579. The predicted molar refractivity (Wildman–Crippen MR) is 91.3 cm³/mol. The molecule has 1 heterocycles. The topological polar surface area (TPSA) is 60.9 Å². The summed E-state index contributed by atoms with van der Waals surface area (Å²) in [5.74, 6) is 0.362. The van der Waals surface area contributed by atoms with Crippen molar-refractivity contribution in [3.8, 4) is 0 Å². The molecule has 2 amide bonds. The Bertz CT molecular complexity index is 600. The molecule has 1 aliphatic heterocycles. The van der Waals surface area contributed by atoms with Gasteiger partial charge >= 0.3 is 0 Å². The SMILES string of the molecule is CC(=O)N1[C@H](CO)[C@@H](c2ccccc2)[C@@H]1CN(C)C(=O)C1CCC1. The minimum absolute atomic E-state index is 0.0456. The second kappa shape index (κ2) is 6.93. The number of rotatable bonds is 5. The van der Waals surface area contributed by atoms with Crippen molar-refractivity contribution in [2.75, 3.05) is 20.2 Å². The highest BCUT2D eigenvalue weighted by Crippen LogP contribution is 2.41. The number of amides is 2. The summed E-state index contributed by atoms with van der Waals surface area (Å²) in [5.41, 5.74) is 1.11. The Morgan fingerprint density at radius 1 is 1.21 bits per heavy atom. The highest BCUT2D eigenvalue weighted by molar-refractivity contribution is 5.80.